The van der Waals surface area contributed by atoms with Gasteiger partial charge in [0.1, 0.15) is 0 Å². The zero-order valence-electron chi connectivity index (χ0n) is 19.1. The van der Waals surface area contributed by atoms with Crippen LogP contribution in [0, 0.1) is 17.8 Å². The van der Waals surface area contributed by atoms with Crippen LogP contribution in [-0.4, -0.2) is 72.5 Å². The summed E-state index contributed by atoms with van der Waals surface area (Å²) >= 11 is 0. The highest BCUT2D eigenvalue weighted by molar-refractivity contribution is 5.87. The van der Waals surface area contributed by atoms with Crippen LogP contribution in [0.5, 0.6) is 5.75 Å². The maximum Gasteiger partial charge on any atom is 0.412 e. The Bertz CT molecular complexity index is 924. The third-order valence-electron chi connectivity index (χ3n) is 7.12. The number of nitrogens with one attached hydrogen (secondary N) is 1. The summed E-state index contributed by atoms with van der Waals surface area (Å²) in [6, 6.07) is 1.93. The fourth-order valence-electron chi connectivity index (χ4n) is 5.41. The Balaban J connectivity index is 1.46. The van der Waals surface area contributed by atoms with E-state index < -0.39 is 11.5 Å². The Morgan fingerprint density at radius 3 is 2.85 bits per heavy atom. The number of rotatable bonds is 5. The van der Waals surface area contributed by atoms with Crippen molar-refractivity contribution in [3.05, 3.63) is 12.3 Å². The first-order chi connectivity index (χ1) is 16.0. The lowest BCUT2D eigenvalue weighted by Crippen LogP contribution is -2.50. The summed E-state index contributed by atoms with van der Waals surface area (Å²) in [7, 11) is 1.56. The van der Waals surface area contributed by atoms with Gasteiger partial charge in [0.05, 0.1) is 30.5 Å². The van der Waals surface area contributed by atoms with Gasteiger partial charge in [0.25, 0.3) is 0 Å². The number of anilines is 2. The average Bonchev–Trinajstić information content (AvgIpc) is 3.13. The smallest absolute Gasteiger partial charge is 0.412 e. The highest BCUT2D eigenvalue weighted by Crippen LogP contribution is 2.44. The van der Waals surface area contributed by atoms with Crippen LogP contribution in [-0.2, 0) is 9.53 Å². The number of aliphatic hydroxyl groups is 1. The van der Waals surface area contributed by atoms with Crippen LogP contribution < -0.4 is 15.0 Å². The Kier molecular flexibility index (Phi) is 6.94. The number of methoxy groups -OCH3 is 1. The minimum Gasteiger partial charge on any atom is -0.493 e. The fraction of sp³-hybridized carbons (Fsp3) is 0.625. The summed E-state index contributed by atoms with van der Waals surface area (Å²) in [6.45, 7) is 2.04. The summed E-state index contributed by atoms with van der Waals surface area (Å²) in [6.07, 6.45) is 11.7. The lowest BCUT2D eigenvalue weighted by Gasteiger charge is -2.41. The molecule has 3 heterocycles. The number of piperidine rings is 1. The van der Waals surface area contributed by atoms with Gasteiger partial charge in [0.2, 0.25) is 5.91 Å². The summed E-state index contributed by atoms with van der Waals surface area (Å²) < 4.78 is 10.4. The lowest BCUT2D eigenvalue weighted by molar-refractivity contribution is -0.139. The molecule has 4 rings (SSSR count). The number of hydrogen-bond donors (Lipinski definition) is 2. The van der Waals surface area contributed by atoms with E-state index in [9.17, 15) is 14.7 Å². The summed E-state index contributed by atoms with van der Waals surface area (Å²) in [5.41, 5.74) is 0.0312. The molecule has 0 bridgehead atoms. The van der Waals surface area contributed by atoms with Gasteiger partial charge < -0.3 is 24.4 Å². The van der Waals surface area contributed by atoms with Gasteiger partial charge in [0, 0.05) is 31.7 Å². The molecule has 178 valence electrons. The third-order valence-corrected chi connectivity index (χ3v) is 7.12. The molecule has 2 aliphatic heterocycles. The number of likely N-dealkylation sites (tertiary alicyclic amines) is 1. The molecule has 2 N–H and O–H groups in total. The number of carbonyl (C=O) groups excluding carboxylic acids is 2. The molecule has 9 heteroatoms. The second-order valence-corrected chi connectivity index (χ2v) is 9.17. The summed E-state index contributed by atoms with van der Waals surface area (Å²) in [5.74, 6) is 3.66. The van der Waals surface area contributed by atoms with Crippen molar-refractivity contribution in [3.8, 4) is 18.1 Å². The first-order valence-electron chi connectivity index (χ1n) is 11.6. The van der Waals surface area contributed by atoms with Crippen LogP contribution in [0.15, 0.2) is 12.3 Å². The van der Waals surface area contributed by atoms with Crippen LogP contribution in [0.25, 0.3) is 0 Å². The molecule has 0 aromatic carbocycles. The van der Waals surface area contributed by atoms with Gasteiger partial charge in [-0.15, -0.1) is 6.42 Å². The molecular weight excluding hydrogens is 424 g/mol. The number of pyridine rings is 1. The van der Waals surface area contributed by atoms with Crippen molar-refractivity contribution >= 4 is 23.5 Å². The van der Waals surface area contributed by atoms with Crippen LogP contribution in [0.3, 0.4) is 0 Å². The number of hydrogen-bond acceptors (Lipinski definition) is 7. The molecule has 1 aromatic heterocycles. The molecule has 3 aliphatic rings. The summed E-state index contributed by atoms with van der Waals surface area (Å²) in [5, 5.41) is 12.4. The Labute approximate surface area is 194 Å². The van der Waals surface area contributed by atoms with Gasteiger partial charge >= 0.3 is 6.09 Å². The predicted octanol–water partition coefficient (Wildman–Crippen LogP) is 2.39. The highest BCUT2D eigenvalue weighted by Gasteiger charge is 2.51. The molecular formula is C24H32N4O5. The van der Waals surface area contributed by atoms with E-state index in [1.165, 1.54) is 0 Å². The molecule has 1 aliphatic carbocycles. The van der Waals surface area contributed by atoms with Crippen molar-refractivity contribution in [2.75, 3.05) is 43.6 Å². The van der Waals surface area contributed by atoms with E-state index >= 15 is 0 Å². The van der Waals surface area contributed by atoms with Crippen molar-refractivity contribution < 1.29 is 24.2 Å². The number of amides is 2. The molecule has 2 amide bonds. The molecule has 3 fully saturated rings. The maximum absolute atomic E-state index is 13.6. The van der Waals surface area contributed by atoms with Gasteiger partial charge in [-0.25, -0.2) is 9.78 Å². The van der Waals surface area contributed by atoms with Gasteiger partial charge in [-0.1, -0.05) is 5.92 Å². The molecule has 1 aromatic rings. The highest BCUT2D eigenvalue weighted by atomic mass is 16.5. The van der Waals surface area contributed by atoms with E-state index in [1.807, 2.05) is 0 Å². The zero-order chi connectivity index (χ0) is 23.4. The minimum atomic E-state index is -0.659. The van der Waals surface area contributed by atoms with Crippen molar-refractivity contribution in [3.63, 3.8) is 0 Å². The third kappa shape index (κ3) is 4.86. The average molecular weight is 457 g/mol. The van der Waals surface area contributed by atoms with E-state index in [2.05, 4.69) is 26.0 Å². The van der Waals surface area contributed by atoms with Crippen molar-refractivity contribution in [1.82, 2.24) is 9.88 Å². The monoisotopic (exact) mass is 456 g/mol. The fourth-order valence-corrected chi connectivity index (χ4v) is 5.41. The largest absolute Gasteiger partial charge is 0.493 e. The molecule has 1 saturated carbocycles. The second kappa shape index (κ2) is 9.87. The quantitative estimate of drug-likeness (QED) is 0.656. The molecule has 1 spiro atoms. The number of aliphatic hydroxyl groups excluding tert-OH is 1. The normalized spacial score (nSPS) is 27.4. The SMILES string of the molecule is C#CCOC(=O)Nc1cnc(N2CCC[C@]3(CCN([C@H]4CC[C@@H](O)CC4)C3=O)C2)c(OC)c1. The van der Waals surface area contributed by atoms with Crippen molar-refractivity contribution in [1.29, 1.82) is 0 Å². The van der Waals surface area contributed by atoms with Gasteiger partial charge in [-0.2, -0.15) is 0 Å². The number of nitrogens with zero attached hydrogens (tertiary/aromatic N) is 3. The molecule has 2 saturated heterocycles. The number of ether oxygens (including phenoxy) is 2. The Hall–Kier alpha value is -2.99. The number of terminal acetylenes is 1. The van der Waals surface area contributed by atoms with Gasteiger partial charge in [-0.05, 0) is 44.9 Å². The molecule has 0 unspecified atom stereocenters. The Morgan fingerprint density at radius 1 is 1.33 bits per heavy atom. The summed E-state index contributed by atoms with van der Waals surface area (Å²) in [4.78, 5) is 34.1. The number of carbonyl (C=O) groups is 2. The molecule has 0 radical (unpaired) electrons. The topological polar surface area (TPSA) is 104 Å². The minimum absolute atomic E-state index is 0.114. The van der Waals surface area contributed by atoms with Crippen LogP contribution >= 0.6 is 0 Å². The van der Waals surface area contributed by atoms with Gasteiger partial charge in [0.15, 0.2) is 18.2 Å². The van der Waals surface area contributed by atoms with Crippen molar-refractivity contribution in [2.24, 2.45) is 5.41 Å². The number of aromatic nitrogens is 1. The van der Waals surface area contributed by atoms with Gasteiger partial charge in [-0.3, -0.25) is 10.1 Å². The predicted molar refractivity (Wildman–Crippen MR) is 123 cm³/mol. The molecule has 9 nitrogen and oxygen atoms in total. The van der Waals surface area contributed by atoms with Crippen LogP contribution in [0.2, 0.25) is 0 Å². The van der Waals surface area contributed by atoms with E-state index in [4.69, 9.17) is 15.9 Å². The van der Waals surface area contributed by atoms with Crippen molar-refractivity contribution in [2.45, 2.75) is 57.1 Å². The second-order valence-electron chi connectivity index (χ2n) is 9.17. The first-order valence-corrected chi connectivity index (χ1v) is 11.6. The van der Waals surface area contributed by atoms with E-state index in [-0.39, 0.29) is 24.7 Å². The lowest BCUT2D eigenvalue weighted by atomic mass is 9.78. The molecule has 33 heavy (non-hydrogen) atoms. The van der Waals surface area contributed by atoms with E-state index in [0.29, 0.717) is 23.8 Å². The maximum atomic E-state index is 13.6. The standard InChI is InChI=1S/C24H32N4O5/c1-3-13-33-23(31)26-17-14-20(32-2)21(25-15-17)27-11-4-9-24(16-27)10-12-28(22(24)30)18-5-7-19(29)8-6-18/h1,14-15,18-19,29H,4-13,16H2,2H3,(H,26,31)/t18-,19+,24-/m0/s1. The zero-order valence-corrected chi connectivity index (χ0v) is 19.1. The Morgan fingerprint density at radius 2 is 2.12 bits per heavy atom. The first kappa shape index (κ1) is 23.2. The van der Waals surface area contributed by atoms with E-state index in [1.54, 1.807) is 19.4 Å². The van der Waals surface area contributed by atoms with E-state index in [0.717, 1.165) is 58.0 Å². The molecule has 1 atom stereocenters. The van der Waals surface area contributed by atoms with Crippen LogP contribution in [0.1, 0.15) is 44.9 Å². The van der Waals surface area contributed by atoms with Crippen LogP contribution in [0.4, 0.5) is 16.3 Å².